The van der Waals surface area contributed by atoms with Crippen LogP contribution in [0.25, 0.3) is 0 Å². The van der Waals surface area contributed by atoms with E-state index in [0.717, 1.165) is 24.7 Å². The second-order valence-electron chi connectivity index (χ2n) is 7.62. The number of ether oxygens (including phenoxy) is 1. The van der Waals surface area contributed by atoms with Crippen molar-refractivity contribution < 1.29 is 9.53 Å². The predicted molar refractivity (Wildman–Crippen MR) is 91.8 cm³/mol. The Hall–Kier alpha value is -0.530. The molecular formula is C20H36O2. The molecule has 2 aliphatic rings. The third-order valence-electron chi connectivity index (χ3n) is 5.71. The summed E-state index contributed by atoms with van der Waals surface area (Å²) in [6.45, 7) is 0.648. The Bertz CT molecular complexity index is 288. The molecule has 0 atom stereocenters. The Balaban J connectivity index is 1.39. The van der Waals surface area contributed by atoms with E-state index in [0.29, 0.717) is 13.0 Å². The van der Waals surface area contributed by atoms with Crippen molar-refractivity contribution in [1.82, 2.24) is 0 Å². The van der Waals surface area contributed by atoms with Crippen LogP contribution in [0.1, 0.15) is 103 Å². The third kappa shape index (κ3) is 7.65. The highest BCUT2D eigenvalue weighted by Crippen LogP contribution is 2.28. The highest BCUT2D eigenvalue weighted by Gasteiger charge is 2.14. The van der Waals surface area contributed by atoms with E-state index < -0.39 is 0 Å². The topological polar surface area (TPSA) is 26.3 Å². The number of unbranched alkanes of at least 4 members (excludes halogenated alkanes) is 1. The minimum absolute atomic E-state index is 0.0356. The van der Waals surface area contributed by atoms with Crippen molar-refractivity contribution in [3.63, 3.8) is 0 Å². The fourth-order valence-corrected chi connectivity index (χ4v) is 4.28. The van der Waals surface area contributed by atoms with E-state index in [1.54, 1.807) is 0 Å². The van der Waals surface area contributed by atoms with Crippen LogP contribution in [0.15, 0.2) is 0 Å². The smallest absolute Gasteiger partial charge is 0.305 e. The molecule has 0 unspecified atom stereocenters. The number of hydrogen-bond donors (Lipinski definition) is 0. The van der Waals surface area contributed by atoms with Crippen LogP contribution >= 0.6 is 0 Å². The summed E-state index contributed by atoms with van der Waals surface area (Å²) < 4.78 is 5.38. The molecular weight excluding hydrogens is 272 g/mol. The summed E-state index contributed by atoms with van der Waals surface area (Å²) in [7, 11) is 0. The summed E-state index contributed by atoms with van der Waals surface area (Å²) in [5, 5.41) is 0. The maximum Gasteiger partial charge on any atom is 0.305 e. The summed E-state index contributed by atoms with van der Waals surface area (Å²) in [5.74, 6) is 1.88. The first-order valence-corrected chi connectivity index (χ1v) is 10.00. The fourth-order valence-electron chi connectivity index (χ4n) is 4.28. The molecule has 2 fully saturated rings. The number of carbonyl (C=O) groups is 1. The molecule has 0 aromatic rings. The molecule has 0 aromatic heterocycles. The van der Waals surface area contributed by atoms with Crippen molar-refractivity contribution >= 4 is 5.97 Å². The maximum atomic E-state index is 11.7. The van der Waals surface area contributed by atoms with Crippen LogP contribution < -0.4 is 0 Å². The standard InChI is InChI=1S/C20H36O2/c21-20(16-9-15-19-12-5-2-6-13-19)22-17-8-7-14-18-10-3-1-4-11-18/h18-19H,1-17H2. The molecule has 0 radical (unpaired) electrons. The van der Waals surface area contributed by atoms with Gasteiger partial charge in [-0.05, 0) is 37.5 Å². The van der Waals surface area contributed by atoms with Crippen LogP contribution in [0.2, 0.25) is 0 Å². The van der Waals surface area contributed by atoms with E-state index >= 15 is 0 Å². The fraction of sp³-hybridized carbons (Fsp3) is 0.950. The van der Waals surface area contributed by atoms with Crippen molar-refractivity contribution in [2.45, 2.75) is 103 Å². The molecule has 2 aliphatic carbocycles. The van der Waals surface area contributed by atoms with Gasteiger partial charge in [-0.1, -0.05) is 70.6 Å². The molecule has 0 heterocycles. The van der Waals surface area contributed by atoms with E-state index in [1.807, 2.05) is 0 Å². The number of carbonyl (C=O) groups excluding carboxylic acids is 1. The van der Waals surface area contributed by atoms with Gasteiger partial charge in [-0.25, -0.2) is 0 Å². The second kappa shape index (κ2) is 11.1. The van der Waals surface area contributed by atoms with Gasteiger partial charge >= 0.3 is 5.97 Å². The Morgan fingerprint density at radius 3 is 1.86 bits per heavy atom. The molecule has 128 valence electrons. The van der Waals surface area contributed by atoms with Crippen LogP contribution in [-0.2, 0) is 9.53 Å². The first-order chi connectivity index (χ1) is 10.8. The van der Waals surface area contributed by atoms with Crippen LogP contribution in [0.3, 0.4) is 0 Å². The van der Waals surface area contributed by atoms with E-state index in [-0.39, 0.29) is 5.97 Å². The van der Waals surface area contributed by atoms with Crippen molar-refractivity contribution in [3.8, 4) is 0 Å². The number of esters is 1. The van der Waals surface area contributed by atoms with E-state index in [4.69, 9.17) is 4.74 Å². The average molecular weight is 309 g/mol. The normalized spacial score (nSPS) is 20.9. The van der Waals surface area contributed by atoms with Crippen LogP contribution in [0.4, 0.5) is 0 Å². The first-order valence-electron chi connectivity index (χ1n) is 10.00. The zero-order valence-corrected chi connectivity index (χ0v) is 14.5. The largest absolute Gasteiger partial charge is 0.466 e. The molecule has 0 aromatic carbocycles. The molecule has 0 spiro atoms. The highest BCUT2D eigenvalue weighted by molar-refractivity contribution is 5.69. The van der Waals surface area contributed by atoms with Gasteiger partial charge in [0.1, 0.15) is 0 Å². The first kappa shape index (κ1) is 17.8. The van der Waals surface area contributed by atoms with Crippen LogP contribution in [-0.4, -0.2) is 12.6 Å². The summed E-state index contributed by atoms with van der Waals surface area (Å²) in [4.78, 5) is 11.7. The Labute approximate surface area is 137 Å². The molecule has 0 amide bonds. The Morgan fingerprint density at radius 2 is 1.27 bits per heavy atom. The molecule has 2 nitrogen and oxygen atoms in total. The molecule has 22 heavy (non-hydrogen) atoms. The Kier molecular flexibility index (Phi) is 8.97. The number of hydrogen-bond acceptors (Lipinski definition) is 2. The van der Waals surface area contributed by atoms with Gasteiger partial charge in [0.05, 0.1) is 6.61 Å². The van der Waals surface area contributed by atoms with Gasteiger partial charge in [0.2, 0.25) is 0 Å². The average Bonchev–Trinajstić information content (AvgIpc) is 2.56. The predicted octanol–water partition coefficient (Wildman–Crippen LogP) is 6.03. The number of rotatable bonds is 9. The molecule has 2 heteroatoms. The van der Waals surface area contributed by atoms with Crippen LogP contribution in [0.5, 0.6) is 0 Å². The zero-order valence-electron chi connectivity index (χ0n) is 14.5. The molecule has 2 rings (SSSR count). The Morgan fingerprint density at radius 1 is 0.727 bits per heavy atom. The van der Waals surface area contributed by atoms with Crippen LogP contribution in [0, 0.1) is 11.8 Å². The summed E-state index contributed by atoms with van der Waals surface area (Å²) >= 11 is 0. The van der Waals surface area contributed by atoms with E-state index in [9.17, 15) is 4.79 Å². The molecule has 0 N–H and O–H groups in total. The quantitative estimate of drug-likeness (QED) is 0.384. The van der Waals surface area contributed by atoms with Crippen molar-refractivity contribution in [2.24, 2.45) is 11.8 Å². The van der Waals surface area contributed by atoms with Crippen molar-refractivity contribution in [3.05, 3.63) is 0 Å². The molecule has 2 saturated carbocycles. The van der Waals surface area contributed by atoms with Gasteiger partial charge in [0, 0.05) is 6.42 Å². The summed E-state index contributed by atoms with van der Waals surface area (Å²) in [5.41, 5.74) is 0. The molecule has 0 aliphatic heterocycles. The van der Waals surface area contributed by atoms with E-state index in [2.05, 4.69) is 0 Å². The molecule has 0 bridgehead atoms. The summed E-state index contributed by atoms with van der Waals surface area (Å²) in [6.07, 6.45) is 20.7. The lowest BCUT2D eigenvalue weighted by atomic mass is 9.86. The zero-order chi connectivity index (χ0) is 15.5. The van der Waals surface area contributed by atoms with Crippen molar-refractivity contribution in [2.75, 3.05) is 6.61 Å². The minimum atomic E-state index is 0.0356. The SMILES string of the molecule is O=C(CCCC1CCCCC1)OCCCCC1CCCCC1. The van der Waals surface area contributed by atoms with Gasteiger partial charge in [0.25, 0.3) is 0 Å². The van der Waals surface area contributed by atoms with Gasteiger partial charge in [-0.2, -0.15) is 0 Å². The monoisotopic (exact) mass is 308 g/mol. The lowest BCUT2D eigenvalue weighted by Crippen LogP contribution is -2.10. The second-order valence-corrected chi connectivity index (χ2v) is 7.62. The van der Waals surface area contributed by atoms with Gasteiger partial charge in [0.15, 0.2) is 0 Å². The molecule has 0 saturated heterocycles. The van der Waals surface area contributed by atoms with Gasteiger partial charge < -0.3 is 4.74 Å². The minimum Gasteiger partial charge on any atom is -0.466 e. The van der Waals surface area contributed by atoms with Gasteiger partial charge in [-0.3, -0.25) is 4.79 Å². The summed E-state index contributed by atoms with van der Waals surface area (Å²) in [6, 6.07) is 0. The third-order valence-corrected chi connectivity index (χ3v) is 5.71. The van der Waals surface area contributed by atoms with E-state index in [1.165, 1.54) is 83.5 Å². The highest BCUT2D eigenvalue weighted by atomic mass is 16.5. The van der Waals surface area contributed by atoms with Crippen molar-refractivity contribution in [1.29, 1.82) is 0 Å². The lowest BCUT2D eigenvalue weighted by molar-refractivity contribution is -0.144. The lowest BCUT2D eigenvalue weighted by Gasteiger charge is -2.21. The van der Waals surface area contributed by atoms with Gasteiger partial charge in [-0.15, -0.1) is 0 Å². The maximum absolute atomic E-state index is 11.7.